The Hall–Kier alpha value is -2.07. The lowest BCUT2D eigenvalue weighted by atomic mass is 10.0. The number of fused-ring (bicyclic) bond motifs is 1. The summed E-state index contributed by atoms with van der Waals surface area (Å²) in [6, 6.07) is 12.5. The molecule has 0 radical (unpaired) electrons. The van der Waals surface area contributed by atoms with E-state index in [1.165, 1.54) is 4.88 Å². The number of thiophene rings is 1. The minimum absolute atomic E-state index is 0.265. The molecule has 0 saturated heterocycles. The second-order valence-electron chi connectivity index (χ2n) is 5.48. The summed E-state index contributed by atoms with van der Waals surface area (Å²) in [4.78, 5) is 5.67. The summed E-state index contributed by atoms with van der Waals surface area (Å²) in [6.07, 6.45) is 1.79. The average molecular weight is 297 g/mol. The number of rotatable bonds is 4. The maximum atomic E-state index is 6.32. The molecule has 0 aliphatic heterocycles. The van der Waals surface area contributed by atoms with Gasteiger partial charge in [0, 0.05) is 16.5 Å². The quantitative estimate of drug-likeness (QED) is 0.687. The van der Waals surface area contributed by atoms with Crippen molar-refractivity contribution in [3.8, 4) is 0 Å². The Morgan fingerprint density at radius 3 is 2.71 bits per heavy atom. The molecule has 0 aliphatic carbocycles. The zero-order chi connectivity index (χ0) is 14.8. The van der Waals surface area contributed by atoms with Crippen LogP contribution in [0.15, 0.2) is 48.0 Å². The fourth-order valence-electron chi connectivity index (χ4n) is 2.50. The molecule has 108 valence electrons. The van der Waals surface area contributed by atoms with Crippen molar-refractivity contribution in [1.29, 1.82) is 0 Å². The van der Waals surface area contributed by atoms with E-state index in [1.807, 2.05) is 24.3 Å². The first kappa shape index (κ1) is 13.9. The third-order valence-electron chi connectivity index (χ3n) is 3.65. The molecule has 4 heteroatoms. The van der Waals surface area contributed by atoms with Gasteiger partial charge in [0.05, 0.1) is 22.9 Å². The van der Waals surface area contributed by atoms with Crippen molar-refractivity contribution in [2.75, 3.05) is 11.1 Å². The van der Waals surface area contributed by atoms with E-state index in [9.17, 15) is 0 Å². The van der Waals surface area contributed by atoms with Gasteiger partial charge in [-0.2, -0.15) is 0 Å². The molecule has 3 N–H and O–H groups in total. The molecule has 3 aromatic rings. The second-order valence-corrected chi connectivity index (χ2v) is 6.46. The molecule has 2 heterocycles. The number of aromatic nitrogens is 1. The molecule has 0 aliphatic rings. The van der Waals surface area contributed by atoms with Gasteiger partial charge in [-0.15, -0.1) is 11.3 Å². The molecule has 0 bridgehead atoms. The summed E-state index contributed by atoms with van der Waals surface area (Å²) in [6.45, 7) is 4.44. The maximum Gasteiger partial charge on any atom is 0.0724 e. The van der Waals surface area contributed by atoms with Gasteiger partial charge in [0.25, 0.3) is 0 Å². The van der Waals surface area contributed by atoms with Crippen molar-refractivity contribution in [2.45, 2.75) is 19.9 Å². The maximum absolute atomic E-state index is 6.32. The van der Waals surface area contributed by atoms with Crippen LogP contribution in [0.3, 0.4) is 0 Å². The Labute approximate surface area is 128 Å². The summed E-state index contributed by atoms with van der Waals surface area (Å²) < 4.78 is 0. The van der Waals surface area contributed by atoms with E-state index in [4.69, 9.17) is 5.73 Å². The van der Waals surface area contributed by atoms with Crippen molar-refractivity contribution >= 4 is 33.6 Å². The van der Waals surface area contributed by atoms with E-state index < -0.39 is 0 Å². The van der Waals surface area contributed by atoms with Crippen molar-refractivity contribution in [3.05, 3.63) is 52.9 Å². The molecule has 0 fully saturated rings. The molecular formula is C17H19N3S. The van der Waals surface area contributed by atoms with Crippen LogP contribution >= 0.6 is 11.3 Å². The Morgan fingerprint density at radius 2 is 2.00 bits per heavy atom. The molecular weight excluding hydrogens is 278 g/mol. The van der Waals surface area contributed by atoms with Gasteiger partial charge in [-0.25, -0.2) is 0 Å². The van der Waals surface area contributed by atoms with E-state index in [2.05, 4.69) is 41.7 Å². The van der Waals surface area contributed by atoms with Crippen LogP contribution in [-0.4, -0.2) is 4.98 Å². The molecule has 0 saturated carbocycles. The highest BCUT2D eigenvalue weighted by Crippen LogP contribution is 2.34. The number of nitrogens with two attached hydrogens (primary N) is 1. The summed E-state index contributed by atoms with van der Waals surface area (Å²) >= 11 is 1.77. The number of hydrogen-bond acceptors (Lipinski definition) is 4. The minimum atomic E-state index is 0.265. The first-order valence-corrected chi connectivity index (χ1v) is 7.98. The van der Waals surface area contributed by atoms with Gasteiger partial charge in [-0.1, -0.05) is 19.9 Å². The van der Waals surface area contributed by atoms with E-state index in [0.29, 0.717) is 5.92 Å². The molecule has 0 amide bonds. The normalized spacial score (nSPS) is 12.7. The number of nitrogens with zero attached hydrogens (tertiary/aromatic N) is 1. The fraction of sp³-hybridized carbons (Fsp3) is 0.235. The molecule has 1 aromatic carbocycles. The average Bonchev–Trinajstić information content (AvgIpc) is 3.00. The van der Waals surface area contributed by atoms with Gasteiger partial charge in [0.2, 0.25) is 0 Å². The lowest BCUT2D eigenvalue weighted by Gasteiger charge is -2.23. The van der Waals surface area contributed by atoms with E-state index in [0.717, 1.165) is 22.3 Å². The second kappa shape index (κ2) is 5.74. The van der Waals surface area contributed by atoms with Crippen LogP contribution < -0.4 is 11.1 Å². The van der Waals surface area contributed by atoms with Gasteiger partial charge >= 0.3 is 0 Å². The number of pyridine rings is 1. The molecule has 0 spiro atoms. The van der Waals surface area contributed by atoms with Crippen LogP contribution in [0.4, 0.5) is 11.4 Å². The highest BCUT2D eigenvalue weighted by Gasteiger charge is 2.18. The predicted octanol–water partition coefficient (Wildman–Crippen LogP) is 4.69. The summed E-state index contributed by atoms with van der Waals surface area (Å²) in [7, 11) is 0. The third kappa shape index (κ3) is 2.72. The van der Waals surface area contributed by atoms with Crippen LogP contribution in [0.5, 0.6) is 0 Å². The minimum Gasteiger partial charge on any atom is -0.397 e. The van der Waals surface area contributed by atoms with Gasteiger partial charge in [0.1, 0.15) is 0 Å². The lowest BCUT2D eigenvalue weighted by molar-refractivity contribution is 0.554. The Bertz CT molecular complexity index is 735. The highest BCUT2D eigenvalue weighted by atomic mass is 32.1. The fourth-order valence-corrected chi connectivity index (χ4v) is 3.45. The van der Waals surface area contributed by atoms with Gasteiger partial charge in [-0.05, 0) is 41.6 Å². The van der Waals surface area contributed by atoms with Crippen LogP contribution in [0.2, 0.25) is 0 Å². The molecule has 2 aromatic heterocycles. The zero-order valence-corrected chi connectivity index (χ0v) is 13.0. The zero-order valence-electron chi connectivity index (χ0n) is 12.2. The van der Waals surface area contributed by atoms with Crippen LogP contribution in [-0.2, 0) is 0 Å². The standard InChI is InChI=1S/C17H19N3S/c1-11(2)17(15-6-4-10-21-15)20-14-8-7-13-12(16(14)18)5-3-9-19-13/h3-11,17,20H,18H2,1-2H3. The number of hydrogen-bond donors (Lipinski definition) is 2. The Morgan fingerprint density at radius 1 is 1.14 bits per heavy atom. The van der Waals surface area contributed by atoms with Crippen LogP contribution in [0, 0.1) is 5.92 Å². The molecule has 1 atom stereocenters. The van der Waals surface area contributed by atoms with Gasteiger partial charge in [-0.3, -0.25) is 4.98 Å². The Kier molecular flexibility index (Phi) is 3.80. The monoisotopic (exact) mass is 297 g/mol. The SMILES string of the molecule is CC(C)C(Nc1ccc2ncccc2c1N)c1cccs1. The Balaban J connectivity index is 1.98. The van der Waals surface area contributed by atoms with E-state index in [-0.39, 0.29) is 6.04 Å². The summed E-state index contributed by atoms with van der Waals surface area (Å²) in [5.74, 6) is 0.479. The largest absolute Gasteiger partial charge is 0.397 e. The van der Waals surface area contributed by atoms with Crippen molar-refractivity contribution in [3.63, 3.8) is 0 Å². The number of nitrogens with one attached hydrogen (secondary N) is 1. The van der Waals surface area contributed by atoms with E-state index in [1.54, 1.807) is 17.5 Å². The number of nitrogen functional groups attached to an aromatic ring is 1. The van der Waals surface area contributed by atoms with Gasteiger partial charge in [0.15, 0.2) is 0 Å². The number of anilines is 2. The predicted molar refractivity (Wildman–Crippen MR) is 91.7 cm³/mol. The first-order valence-electron chi connectivity index (χ1n) is 7.10. The van der Waals surface area contributed by atoms with Crippen LogP contribution in [0.25, 0.3) is 10.9 Å². The first-order chi connectivity index (χ1) is 10.2. The summed E-state index contributed by atoms with van der Waals surface area (Å²) in [5.41, 5.74) is 8.99. The highest BCUT2D eigenvalue weighted by molar-refractivity contribution is 7.10. The van der Waals surface area contributed by atoms with E-state index >= 15 is 0 Å². The van der Waals surface area contributed by atoms with Crippen LogP contribution in [0.1, 0.15) is 24.8 Å². The summed E-state index contributed by atoms with van der Waals surface area (Å²) in [5, 5.41) is 6.71. The molecule has 1 unspecified atom stereocenters. The van der Waals surface area contributed by atoms with Gasteiger partial charge < -0.3 is 11.1 Å². The van der Waals surface area contributed by atoms with Crippen molar-refractivity contribution in [1.82, 2.24) is 4.98 Å². The molecule has 3 nitrogen and oxygen atoms in total. The topological polar surface area (TPSA) is 50.9 Å². The molecule has 3 rings (SSSR count). The molecule has 21 heavy (non-hydrogen) atoms. The smallest absolute Gasteiger partial charge is 0.0724 e. The number of benzene rings is 1. The lowest BCUT2D eigenvalue weighted by Crippen LogP contribution is -2.16. The van der Waals surface area contributed by atoms with Crippen molar-refractivity contribution < 1.29 is 0 Å². The third-order valence-corrected chi connectivity index (χ3v) is 4.61. The van der Waals surface area contributed by atoms with Crippen molar-refractivity contribution in [2.24, 2.45) is 5.92 Å².